The Balaban J connectivity index is 1.78. The summed E-state index contributed by atoms with van der Waals surface area (Å²) in [6, 6.07) is 15.9. The molecule has 0 amide bonds. The quantitative estimate of drug-likeness (QED) is 0.759. The molecule has 0 unspecified atom stereocenters. The van der Waals surface area contributed by atoms with Crippen LogP contribution in [0, 0.1) is 5.92 Å². The molecule has 2 nitrogen and oxygen atoms in total. The number of aromatic nitrogens is 1. The highest BCUT2D eigenvalue weighted by molar-refractivity contribution is 6.08. The second-order valence-electron chi connectivity index (χ2n) is 6.51. The standard InChI is InChI=1S/C20H24N2/c1-2-22-19-6-4-3-5-17(19)18-14-16(7-8-20(18)22)13-15-9-11-21-12-10-15/h3-8,14-15,21H,2,9-13H2,1H3. The molecule has 0 atom stereocenters. The second-order valence-corrected chi connectivity index (χ2v) is 6.51. The molecular weight excluding hydrogens is 268 g/mol. The van der Waals surface area contributed by atoms with Crippen molar-refractivity contribution in [2.75, 3.05) is 13.1 Å². The Morgan fingerprint density at radius 3 is 2.59 bits per heavy atom. The zero-order chi connectivity index (χ0) is 14.9. The van der Waals surface area contributed by atoms with Crippen molar-refractivity contribution in [3.63, 3.8) is 0 Å². The average Bonchev–Trinajstić information content (AvgIpc) is 2.89. The summed E-state index contributed by atoms with van der Waals surface area (Å²) in [5, 5.41) is 6.28. The van der Waals surface area contributed by atoms with Crippen molar-refractivity contribution in [2.45, 2.75) is 32.7 Å². The molecule has 1 fully saturated rings. The van der Waals surface area contributed by atoms with Crippen molar-refractivity contribution in [2.24, 2.45) is 5.92 Å². The van der Waals surface area contributed by atoms with Gasteiger partial charge in [-0.25, -0.2) is 0 Å². The van der Waals surface area contributed by atoms with Crippen LogP contribution in [-0.4, -0.2) is 17.7 Å². The highest BCUT2D eigenvalue weighted by Crippen LogP contribution is 2.30. The van der Waals surface area contributed by atoms with Crippen molar-refractivity contribution in [3.8, 4) is 0 Å². The van der Waals surface area contributed by atoms with Crippen LogP contribution in [0.15, 0.2) is 42.5 Å². The molecule has 0 bridgehead atoms. The number of para-hydroxylation sites is 1. The summed E-state index contributed by atoms with van der Waals surface area (Å²) in [6.07, 6.45) is 3.85. The smallest absolute Gasteiger partial charge is 0.0491 e. The zero-order valence-corrected chi connectivity index (χ0v) is 13.3. The normalized spacial score (nSPS) is 16.6. The summed E-state index contributed by atoms with van der Waals surface area (Å²) < 4.78 is 2.43. The van der Waals surface area contributed by atoms with Gasteiger partial charge in [-0.3, -0.25) is 0 Å². The lowest BCUT2D eigenvalue weighted by Crippen LogP contribution is -2.28. The number of hydrogen-bond acceptors (Lipinski definition) is 1. The van der Waals surface area contributed by atoms with E-state index in [0.29, 0.717) is 0 Å². The van der Waals surface area contributed by atoms with E-state index < -0.39 is 0 Å². The number of benzene rings is 2. The summed E-state index contributed by atoms with van der Waals surface area (Å²) in [7, 11) is 0. The van der Waals surface area contributed by atoms with Crippen LogP contribution in [-0.2, 0) is 13.0 Å². The van der Waals surface area contributed by atoms with E-state index in [4.69, 9.17) is 0 Å². The van der Waals surface area contributed by atoms with Crippen LogP contribution in [0.1, 0.15) is 25.3 Å². The maximum absolute atomic E-state index is 3.46. The molecule has 114 valence electrons. The minimum Gasteiger partial charge on any atom is -0.341 e. The summed E-state index contributed by atoms with van der Waals surface area (Å²) in [4.78, 5) is 0. The lowest BCUT2D eigenvalue weighted by molar-refractivity contribution is 0.373. The van der Waals surface area contributed by atoms with Crippen molar-refractivity contribution in [1.82, 2.24) is 9.88 Å². The van der Waals surface area contributed by atoms with Gasteiger partial charge in [0.05, 0.1) is 0 Å². The lowest BCUT2D eigenvalue weighted by atomic mass is 9.90. The predicted molar refractivity (Wildman–Crippen MR) is 94.4 cm³/mol. The van der Waals surface area contributed by atoms with E-state index in [9.17, 15) is 0 Å². The Morgan fingerprint density at radius 2 is 1.77 bits per heavy atom. The number of rotatable bonds is 3. The fraction of sp³-hybridized carbons (Fsp3) is 0.400. The molecule has 1 aromatic heterocycles. The van der Waals surface area contributed by atoms with Crippen molar-refractivity contribution < 1.29 is 0 Å². The van der Waals surface area contributed by atoms with Gasteiger partial charge in [0.2, 0.25) is 0 Å². The predicted octanol–water partition coefficient (Wildman–Crippen LogP) is 4.36. The average molecular weight is 292 g/mol. The van der Waals surface area contributed by atoms with E-state index in [1.807, 2.05) is 0 Å². The van der Waals surface area contributed by atoms with E-state index in [0.717, 1.165) is 12.5 Å². The first-order chi connectivity index (χ1) is 10.9. The number of piperidine rings is 1. The molecule has 3 aromatic rings. The van der Waals surface area contributed by atoms with Crippen molar-refractivity contribution in [1.29, 1.82) is 0 Å². The van der Waals surface area contributed by atoms with Crippen LogP contribution in [0.25, 0.3) is 21.8 Å². The molecule has 4 rings (SSSR count). The van der Waals surface area contributed by atoms with E-state index in [2.05, 4.69) is 59.3 Å². The van der Waals surface area contributed by atoms with Crippen LogP contribution in [0.4, 0.5) is 0 Å². The third kappa shape index (κ3) is 2.32. The molecule has 2 heteroatoms. The van der Waals surface area contributed by atoms with Crippen LogP contribution in [0.5, 0.6) is 0 Å². The van der Waals surface area contributed by atoms with Crippen LogP contribution in [0.3, 0.4) is 0 Å². The van der Waals surface area contributed by atoms with Gasteiger partial charge in [-0.05, 0) is 69.0 Å². The number of aryl methyl sites for hydroxylation is 1. The minimum atomic E-state index is 0.846. The van der Waals surface area contributed by atoms with Crippen LogP contribution in [0.2, 0.25) is 0 Å². The zero-order valence-electron chi connectivity index (χ0n) is 13.3. The molecular formula is C20H24N2. The number of nitrogens with one attached hydrogen (secondary N) is 1. The first-order valence-corrected chi connectivity index (χ1v) is 8.57. The largest absolute Gasteiger partial charge is 0.341 e. The molecule has 0 aliphatic carbocycles. The monoisotopic (exact) mass is 292 g/mol. The van der Waals surface area contributed by atoms with E-state index in [1.165, 1.54) is 59.7 Å². The Hall–Kier alpha value is -1.80. The Morgan fingerprint density at radius 1 is 1.00 bits per heavy atom. The molecule has 0 saturated carbocycles. The van der Waals surface area contributed by atoms with Gasteiger partial charge in [0.15, 0.2) is 0 Å². The van der Waals surface area contributed by atoms with Gasteiger partial charge in [0.25, 0.3) is 0 Å². The van der Waals surface area contributed by atoms with Crippen LogP contribution < -0.4 is 5.32 Å². The molecule has 22 heavy (non-hydrogen) atoms. The highest BCUT2D eigenvalue weighted by Gasteiger charge is 2.15. The third-order valence-corrected chi connectivity index (χ3v) is 5.14. The summed E-state index contributed by atoms with van der Waals surface area (Å²) in [6.45, 7) is 5.62. The molecule has 1 N–H and O–H groups in total. The minimum absolute atomic E-state index is 0.846. The highest BCUT2D eigenvalue weighted by atomic mass is 15.0. The molecule has 0 spiro atoms. The van der Waals surface area contributed by atoms with Gasteiger partial charge < -0.3 is 9.88 Å². The molecule has 1 aliphatic rings. The van der Waals surface area contributed by atoms with Gasteiger partial charge in [0.1, 0.15) is 0 Å². The topological polar surface area (TPSA) is 17.0 Å². The van der Waals surface area contributed by atoms with Gasteiger partial charge >= 0.3 is 0 Å². The molecule has 2 heterocycles. The van der Waals surface area contributed by atoms with Gasteiger partial charge in [-0.2, -0.15) is 0 Å². The Bertz CT molecular complexity index is 794. The van der Waals surface area contributed by atoms with E-state index in [1.54, 1.807) is 0 Å². The van der Waals surface area contributed by atoms with E-state index in [-0.39, 0.29) is 0 Å². The Kier molecular flexibility index (Phi) is 3.63. The summed E-state index contributed by atoms with van der Waals surface area (Å²) in [5.41, 5.74) is 4.23. The van der Waals surface area contributed by atoms with Crippen molar-refractivity contribution in [3.05, 3.63) is 48.0 Å². The maximum Gasteiger partial charge on any atom is 0.0491 e. The third-order valence-electron chi connectivity index (χ3n) is 5.14. The first kappa shape index (κ1) is 13.8. The first-order valence-electron chi connectivity index (χ1n) is 8.57. The fourth-order valence-electron chi connectivity index (χ4n) is 3.99. The van der Waals surface area contributed by atoms with Gasteiger partial charge in [-0.15, -0.1) is 0 Å². The number of hydrogen-bond donors (Lipinski definition) is 1. The van der Waals surface area contributed by atoms with Gasteiger partial charge in [-0.1, -0.05) is 24.3 Å². The molecule has 1 saturated heterocycles. The molecule has 0 radical (unpaired) electrons. The van der Waals surface area contributed by atoms with E-state index >= 15 is 0 Å². The fourth-order valence-corrected chi connectivity index (χ4v) is 3.99. The van der Waals surface area contributed by atoms with Crippen molar-refractivity contribution >= 4 is 21.8 Å². The second kappa shape index (κ2) is 5.77. The lowest BCUT2D eigenvalue weighted by Gasteiger charge is -2.22. The van der Waals surface area contributed by atoms with Gasteiger partial charge in [0, 0.05) is 28.4 Å². The van der Waals surface area contributed by atoms with Crippen LogP contribution >= 0.6 is 0 Å². The number of fused-ring (bicyclic) bond motifs is 3. The molecule has 1 aliphatic heterocycles. The SMILES string of the molecule is CCn1c2ccccc2c2cc(CC3CCNCC3)ccc21. The summed E-state index contributed by atoms with van der Waals surface area (Å²) >= 11 is 0. The Labute approximate surface area is 132 Å². The summed E-state index contributed by atoms with van der Waals surface area (Å²) in [5.74, 6) is 0.846. The number of nitrogens with zero attached hydrogens (tertiary/aromatic N) is 1. The molecule has 2 aromatic carbocycles. The maximum atomic E-state index is 3.46.